The number of hydrogen-bond acceptors (Lipinski definition) is 3. The van der Waals surface area contributed by atoms with E-state index in [0.717, 1.165) is 5.69 Å². The van der Waals surface area contributed by atoms with Gasteiger partial charge in [-0.3, -0.25) is 0 Å². The summed E-state index contributed by atoms with van der Waals surface area (Å²) in [4.78, 5) is 8.41. The number of aliphatic imine (C=N–C) groups is 2. The van der Waals surface area contributed by atoms with Gasteiger partial charge in [-0.1, -0.05) is 18.2 Å². The molecule has 66 valence electrons. The number of hydrogen-bond donors (Lipinski definition) is 1. The summed E-state index contributed by atoms with van der Waals surface area (Å²) in [7, 11) is 0. The summed E-state index contributed by atoms with van der Waals surface area (Å²) in [5, 5.41) is 3.22. The number of para-hydroxylation sites is 1. The normalized spacial score (nSPS) is 17.6. The molecule has 1 aromatic rings. The molecule has 0 radical (unpaired) electrons. The third kappa shape index (κ3) is 1.75. The van der Waals surface area contributed by atoms with Crippen molar-refractivity contribution >= 4 is 18.1 Å². The molecule has 0 aromatic heterocycles. The summed E-state index contributed by atoms with van der Waals surface area (Å²) >= 11 is 0. The van der Waals surface area contributed by atoms with Gasteiger partial charge in [0.2, 0.25) is 5.79 Å². The minimum absolute atomic E-state index is 0.513. The molecule has 3 heteroatoms. The fourth-order valence-corrected chi connectivity index (χ4v) is 1.25. The van der Waals surface area contributed by atoms with Crippen LogP contribution in [0, 0.1) is 0 Å². The highest BCUT2D eigenvalue weighted by atomic mass is 15.3. The van der Waals surface area contributed by atoms with Gasteiger partial charge in [-0.2, -0.15) is 0 Å². The molecule has 1 aromatic carbocycles. The Morgan fingerprint density at radius 3 is 2.31 bits per heavy atom. The highest BCUT2D eigenvalue weighted by molar-refractivity contribution is 6.17. The minimum atomic E-state index is -0.513. The van der Waals surface area contributed by atoms with E-state index in [2.05, 4.69) is 15.3 Å². The molecule has 0 atom stereocenters. The molecule has 13 heavy (non-hydrogen) atoms. The van der Waals surface area contributed by atoms with Crippen molar-refractivity contribution in [3.8, 4) is 0 Å². The SMILES string of the molecule is CC1(Nc2ccccc2)N=CC=N1. The van der Waals surface area contributed by atoms with Crippen LogP contribution in [0.5, 0.6) is 0 Å². The van der Waals surface area contributed by atoms with Crippen molar-refractivity contribution in [1.82, 2.24) is 0 Å². The van der Waals surface area contributed by atoms with E-state index in [4.69, 9.17) is 0 Å². The average molecular weight is 173 g/mol. The van der Waals surface area contributed by atoms with E-state index in [0.29, 0.717) is 0 Å². The van der Waals surface area contributed by atoms with Gasteiger partial charge in [-0.15, -0.1) is 0 Å². The van der Waals surface area contributed by atoms with E-state index in [9.17, 15) is 0 Å². The van der Waals surface area contributed by atoms with Crippen molar-refractivity contribution in [1.29, 1.82) is 0 Å². The van der Waals surface area contributed by atoms with Crippen LogP contribution in [0.2, 0.25) is 0 Å². The van der Waals surface area contributed by atoms with Crippen LogP contribution < -0.4 is 5.32 Å². The lowest BCUT2D eigenvalue weighted by Crippen LogP contribution is -2.27. The molecule has 0 unspecified atom stereocenters. The van der Waals surface area contributed by atoms with Gasteiger partial charge in [0, 0.05) is 25.0 Å². The first-order chi connectivity index (χ1) is 6.29. The highest BCUT2D eigenvalue weighted by Crippen LogP contribution is 2.18. The van der Waals surface area contributed by atoms with Gasteiger partial charge in [0.15, 0.2) is 0 Å². The predicted octanol–water partition coefficient (Wildman–Crippen LogP) is 1.93. The van der Waals surface area contributed by atoms with Crippen molar-refractivity contribution in [3.05, 3.63) is 30.3 Å². The molecular formula is C10H11N3. The Kier molecular flexibility index (Phi) is 1.85. The highest BCUT2D eigenvalue weighted by Gasteiger charge is 2.21. The fraction of sp³-hybridized carbons (Fsp3) is 0.200. The molecule has 3 nitrogen and oxygen atoms in total. The predicted molar refractivity (Wildman–Crippen MR) is 55.5 cm³/mol. The molecule has 2 rings (SSSR count). The van der Waals surface area contributed by atoms with E-state index >= 15 is 0 Å². The lowest BCUT2D eigenvalue weighted by Gasteiger charge is -2.20. The van der Waals surface area contributed by atoms with E-state index in [1.54, 1.807) is 12.4 Å². The molecule has 0 saturated carbocycles. The molecule has 0 bridgehead atoms. The van der Waals surface area contributed by atoms with E-state index in [1.165, 1.54) is 0 Å². The third-order valence-corrected chi connectivity index (χ3v) is 1.87. The molecule has 1 N–H and O–H groups in total. The lowest BCUT2D eigenvalue weighted by atomic mass is 10.3. The molecule has 0 amide bonds. The molecule has 0 spiro atoms. The smallest absolute Gasteiger partial charge is 0.221 e. The molecule has 0 fully saturated rings. The maximum Gasteiger partial charge on any atom is 0.221 e. The molecule has 0 aliphatic carbocycles. The Bertz CT molecular complexity index is 328. The van der Waals surface area contributed by atoms with Crippen LogP contribution in [0.25, 0.3) is 0 Å². The van der Waals surface area contributed by atoms with Crippen LogP contribution in [0.3, 0.4) is 0 Å². The van der Waals surface area contributed by atoms with Gasteiger partial charge < -0.3 is 5.32 Å². The molecule has 1 heterocycles. The largest absolute Gasteiger partial charge is 0.343 e. The summed E-state index contributed by atoms with van der Waals surface area (Å²) < 4.78 is 0. The third-order valence-electron chi connectivity index (χ3n) is 1.87. The van der Waals surface area contributed by atoms with Crippen molar-refractivity contribution < 1.29 is 0 Å². The Morgan fingerprint density at radius 2 is 1.69 bits per heavy atom. The zero-order valence-corrected chi connectivity index (χ0v) is 7.44. The average Bonchev–Trinajstić information content (AvgIpc) is 2.54. The van der Waals surface area contributed by atoms with Crippen LogP contribution in [0.1, 0.15) is 6.92 Å². The fourth-order valence-electron chi connectivity index (χ4n) is 1.25. The van der Waals surface area contributed by atoms with Crippen LogP contribution in [-0.4, -0.2) is 18.2 Å². The zero-order valence-electron chi connectivity index (χ0n) is 7.44. The second kappa shape index (κ2) is 3.01. The van der Waals surface area contributed by atoms with Crippen molar-refractivity contribution in [2.45, 2.75) is 12.7 Å². The number of benzene rings is 1. The number of rotatable bonds is 2. The van der Waals surface area contributed by atoms with E-state index in [1.807, 2.05) is 37.3 Å². The molecule has 1 aliphatic rings. The van der Waals surface area contributed by atoms with E-state index in [-0.39, 0.29) is 0 Å². The summed E-state index contributed by atoms with van der Waals surface area (Å²) in [6.45, 7) is 1.93. The summed E-state index contributed by atoms with van der Waals surface area (Å²) in [5.74, 6) is -0.513. The van der Waals surface area contributed by atoms with Gasteiger partial charge in [0.25, 0.3) is 0 Å². The first-order valence-electron chi connectivity index (χ1n) is 4.21. The van der Waals surface area contributed by atoms with Gasteiger partial charge in [-0.25, -0.2) is 9.98 Å². The van der Waals surface area contributed by atoms with Gasteiger partial charge >= 0.3 is 0 Å². The Morgan fingerprint density at radius 1 is 1.08 bits per heavy atom. The van der Waals surface area contributed by atoms with Crippen molar-refractivity contribution in [3.63, 3.8) is 0 Å². The van der Waals surface area contributed by atoms with Crippen LogP contribution in [-0.2, 0) is 0 Å². The van der Waals surface area contributed by atoms with Crippen LogP contribution in [0.15, 0.2) is 40.3 Å². The summed E-state index contributed by atoms with van der Waals surface area (Å²) in [6.07, 6.45) is 3.41. The molecule has 1 aliphatic heterocycles. The summed E-state index contributed by atoms with van der Waals surface area (Å²) in [5.41, 5.74) is 1.03. The van der Waals surface area contributed by atoms with Gasteiger partial charge in [-0.05, 0) is 12.1 Å². The number of nitrogens with one attached hydrogen (secondary N) is 1. The quantitative estimate of drug-likeness (QED) is 0.728. The topological polar surface area (TPSA) is 36.8 Å². The standard InChI is InChI=1S/C10H11N3/c1-10(11-7-8-12-10)13-9-5-3-2-4-6-9/h2-8,13H,1H3. The Labute approximate surface area is 77.2 Å². The zero-order chi connectivity index (χ0) is 9.15. The van der Waals surface area contributed by atoms with Crippen LogP contribution >= 0.6 is 0 Å². The Balaban J connectivity index is 2.15. The lowest BCUT2D eigenvalue weighted by molar-refractivity contribution is 0.587. The first kappa shape index (κ1) is 7.98. The maximum atomic E-state index is 4.20. The number of nitrogens with zero attached hydrogens (tertiary/aromatic N) is 2. The monoisotopic (exact) mass is 173 g/mol. The summed E-state index contributed by atoms with van der Waals surface area (Å²) in [6, 6.07) is 9.93. The maximum absolute atomic E-state index is 4.20. The second-order valence-electron chi connectivity index (χ2n) is 3.07. The van der Waals surface area contributed by atoms with E-state index < -0.39 is 5.79 Å². The Hall–Kier alpha value is -1.64. The first-order valence-corrected chi connectivity index (χ1v) is 4.21. The second-order valence-corrected chi connectivity index (χ2v) is 3.07. The van der Waals surface area contributed by atoms with Gasteiger partial charge in [0.1, 0.15) is 0 Å². The minimum Gasteiger partial charge on any atom is -0.343 e. The number of anilines is 1. The molecular weight excluding hydrogens is 162 g/mol. The van der Waals surface area contributed by atoms with Crippen molar-refractivity contribution in [2.75, 3.05) is 5.32 Å². The van der Waals surface area contributed by atoms with Gasteiger partial charge in [0.05, 0.1) is 0 Å². The van der Waals surface area contributed by atoms with Crippen LogP contribution in [0.4, 0.5) is 5.69 Å². The van der Waals surface area contributed by atoms with Crippen molar-refractivity contribution in [2.24, 2.45) is 9.98 Å². The molecule has 0 saturated heterocycles.